The number of carbonyl (C=O) groups excluding carboxylic acids is 1. The van der Waals surface area contributed by atoms with Gasteiger partial charge in [-0.2, -0.15) is 13.2 Å². The second-order valence-corrected chi connectivity index (χ2v) is 8.49. The van der Waals surface area contributed by atoms with Gasteiger partial charge in [-0.3, -0.25) is 14.7 Å². The lowest BCUT2D eigenvalue weighted by atomic mass is 9.94. The average molecular weight is 421 g/mol. The number of nitrogens with zero attached hydrogens (tertiary/aromatic N) is 3. The average Bonchev–Trinajstić information content (AvgIpc) is 2.64. The van der Waals surface area contributed by atoms with Crippen molar-refractivity contribution in [2.45, 2.75) is 31.6 Å². The summed E-state index contributed by atoms with van der Waals surface area (Å²) in [5, 5.41) is 3.56. The quantitative estimate of drug-likeness (QED) is 0.792. The second kappa shape index (κ2) is 8.03. The van der Waals surface area contributed by atoms with Crippen LogP contribution in [0.25, 0.3) is 10.9 Å². The fourth-order valence-electron chi connectivity index (χ4n) is 4.53. The van der Waals surface area contributed by atoms with E-state index in [1.807, 2.05) is 4.90 Å². The number of piperidine rings is 1. The second-order valence-electron chi connectivity index (χ2n) is 8.49. The van der Waals surface area contributed by atoms with Crippen LogP contribution in [-0.2, 0) is 11.0 Å². The van der Waals surface area contributed by atoms with Gasteiger partial charge in [0.1, 0.15) is 0 Å². The largest absolute Gasteiger partial charge is 0.418 e. The van der Waals surface area contributed by atoms with E-state index in [2.05, 4.69) is 22.1 Å². The highest BCUT2D eigenvalue weighted by atomic mass is 19.4. The van der Waals surface area contributed by atoms with Gasteiger partial charge in [0.15, 0.2) is 0 Å². The van der Waals surface area contributed by atoms with Crippen molar-refractivity contribution < 1.29 is 18.0 Å². The predicted molar refractivity (Wildman–Crippen MR) is 109 cm³/mol. The Morgan fingerprint density at radius 3 is 2.70 bits per heavy atom. The molecule has 2 unspecified atom stereocenters. The summed E-state index contributed by atoms with van der Waals surface area (Å²) < 4.78 is 40.2. The molecule has 0 aliphatic carbocycles. The monoisotopic (exact) mass is 421 g/mol. The number of nitrogens with two attached hydrogens (primary N) is 1. The molecule has 1 aromatic carbocycles. The van der Waals surface area contributed by atoms with Gasteiger partial charge in [0, 0.05) is 55.5 Å². The molecular weight excluding hydrogens is 395 g/mol. The molecule has 2 atom stereocenters. The molecule has 2 aliphatic rings. The van der Waals surface area contributed by atoms with Gasteiger partial charge in [0.05, 0.1) is 17.6 Å². The molecule has 0 saturated carbocycles. The molecule has 3 heterocycles. The Kier molecular flexibility index (Phi) is 5.59. The van der Waals surface area contributed by atoms with Gasteiger partial charge < -0.3 is 16.0 Å². The van der Waals surface area contributed by atoms with Crippen molar-refractivity contribution in [3.8, 4) is 0 Å². The molecule has 4 rings (SSSR count). The van der Waals surface area contributed by atoms with Crippen LogP contribution in [0, 0.1) is 5.92 Å². The van der Waals surface area contributed by atoms with E-state index < -0.39 is 11.7 Å². The normalized spacial score (nSPS) is 23.4. The Balaban J connectivity index is 1.53. The molecule has 1 aromatic heterocycles. The smallest absolute Gasteiger partial charge is 0.369 e. The third kappa shape index (κ3) is 4.37. The first-order valence-corrected chi connectivity index (χ1v) is 10.2. The number of carbonyl (C=O) groups is 1. The van der Waals surface area contributed by atoms with Crippen molar-refractivity contribution in [1.82, 2.24) is 15.2 Å². The van der Waals surface area contributed by atoms with Gasteiger partial charge >= 0.3 is 6.18 Å². The van der Waals surface area contributed by atoms with Crippen molar-refractivity contribution in [2.75, 3.05) is 37.6 Å². The highest BCUT2D eigenvalue weighted by Crippen LogP contribution is 2.38. The maximum atomic E-state index is 13.4. The molecule has 0 bridgehead atoms. The minimum atomic E-state index is -4.46. The third-order valence-electron chi connectivity index (χ3n) is 5.77. The van der Waals surface area contributed by atoms with Crippen LogP contribution in [0.4, 0.5) is 18.9 Å². The van der Waals surface area contributed by atoms with Crippen molar-refractivity contribution in [2.24, 2.45) is 11.7 Å². The Labute approximate surface area is 173 Å². The number of hydrogen-bond acceptors (Lipinski definition) is 5. The van der Waals surface area contributed by atoms with E-state index in [0.29, 0.717) is 30.7 Å². The number of fused-ring (bicyclic) bond motifs is 1. The van der Waals surface area contributed by atoms with Crippen LogP contribution < -0.4 is 16.0 Å². The molecule has 2 saturated heterocycles. The fraction of sp³-hybridized carbons (Fsp3) is 0.524. The van der Waals surface area contributed by atoms with Crippen molar-refractivity contribution >= 4 is 22.5 Å². The summed E-state index contributed by atoms with van der Waals surface area (Å²) in [6, 6.07) is 6.02. The fourth-order valence-corrected chi connectivity index (χ4v) is 4.53. The van der Waals surface area contributed by atoms with Gasteiger partial charge in [-0.15, -0.1) is 0 Å². The number of amides is 1. The van der Waals surface area contributed by atoms with Crippen LogP contribution in [0.5, 0.6) is 0 Å². The summed E-state index contributed by atoms with van der Waals surface area (Å²) >= 11 is 0. The zero-order valence-electron chi connectivity index (χ0n) is 16.8. The summed E-state index contributed by atoms with van der Waals surface area (Å²) in [7, 11) is 0. The van der Waals surface area contributed by atoms with Crippen LogP contribution in [0.15, 0.2) is 30.5 Å². The molecule has 1 amide bonds. The van der Waals surface area contributed by atoms with Crippen LogP contribution in [0.2, 0.25) is 0 Å². The molecule has 30 heavy (non-hydrogen) atoms. The number of likely N-dealkylation sites (tertiary alicyclic amines) is 1. The van der Waals surface area contributed by atoms with Gasteiger partial charge in [0.25, 0.3) is 0 Å². The molecule has 162 valence electrons. The van der Waals surface area contributed by atoms with Crippen molar-refractivity contribution in [3.05, 3.63) is 36.0 Å². The molecule has 9 heteroatoms. The maximum Gasteiger partial charge on any atom is 0.418 e. The Morgan fingerprint density at radius 2 is 2.00 bits per heavy atom. The Hall–Kier alpha value is -2.39. The number of benzene rings is 1. The van der Waals surface area contributed by atoms with E-state index in [-0.39, 0.29) is 29.4 Å². The van der Waals surface area contributed by atoms with Crippen molar-refractivity contribution in [1.29, 1.82) is 0 Å². The molecule has 2 aliphatic heterocycles. The summed E-state index contributed by atoms with van der Waals surface area (Å²) in [6.45, 7) is 5.12. The van der Waals surface area contributed by atoms with Gasteiger partial charge in [0.2, 0.25) is 5.91 Å². The highest BCUT2D eigenvalue weighted by Gasteiger charge is 2.35. The van der Waals surface area contributed by atoms with E-state index in [4.69, 9.17) is 5.73 Å². The molecule has 2 fully saturated rings. The molecule has 2 aromatic rings. The summed E-state index contributed by atoms with van der Waals surface area (Å²) in [6.07, 6.45) is -2.25. The van der Waals surface area contributed by atoms with Gasteiger partial charge in [-0.1, -0.05) is 6.92 Å². The first kappa shape index (κ1) is 20.9. The number of rotatable bonds is 4. The van der Waals surface area contributed by atoms with Crippen LogP contribution >= 0.6 is 0 Å². The topological polar surface area (TPSA) is 74.5 Å². The number of pyridine rings is 1. The SMILES string of the molecule is CC1CC(NC(=O)CN2CC(N)C2)CN(c2ccc(C(F)(F)F)c3ncccc23)C1. The van der Waals surface area contributed by atoms with E-state index in [9.17, 15) is 18.0 Å². The first-order valence-electron chi connectivity index (χ1n) is 10.2. The minimum absolute atomic E-state index is 0.0418. The standard InChI is InChI=1S/C21H26F3N5O/c1-13-7-15(27-19(30)12-28-9-14(25)10-28)11-29(8-13)18-5-4-17(21(22,23)24)20-16(18)3-2-6-26-20/h2-6,13-15H,7-12,25H2,1H3,(H,27,30). The summed E-state index contributed by atoms with van der Waals surface area (Å²) in [5.41, 5.74) is 5.69. The zero-order valence-corrected chi connectivity index (χ0v) is 16.8. The number of anilines is 1. The first-order chi connectivity index (χ1) is 14.2. The van der Waals surface area contributed by atoms with E-state index in [1.54, 1.807) is 12.1 Å². The van der Waals surface area contributed by atoms with E-state index in [1.165, 1.54) is 12.3 Å². The minimum Gasteiger partial charge on any atom is -0.369 e. The molecule has 6 nitrogen and oxygen atoms in total. The van der Waals surface area contributed by atoms with Gasteiger partial charge in [-0.25, -0.2) is 0 Å². The number of nitrogens with one attached hydrogen (secondary N) is 1. The number of aromatic nitrogens is 1. The highest BCUT2D eigenvalue weighted by molar-refractivity contribution is 5.94. The summed E-state index contributed by atoms with van der Waals surface area (Å²) in [4.78, 5) is 20.5. The number of hydrogen-bond donors (Lipinski definition) is 2. The Morgan fingerprint density at radius 1 is 1.23 bits per heavy atom. The van der Waals surface area contributed by atoms with Gasteiger partial charge in [-0.05, 0) is 36.6 Å². The molecule has 0 spiro atoms. The third-order valence-corrected chi connectivity index (χ3v) is 5.77. The lowest BCUT2D eigenvalue weighted by molar-refractivity contribution is -0.136. The van der Waals surface area contributed by atoms with Crippen molar-refractivity contribution in [3.63, 3.8) is 0 Å². The molecule has 0 radical (unpaired) electrons. The van der Waals surface area contributed by atoms with Crippen LogP contribution in [0.3, 0.4) is 0 Å². The van der Waals surface area contributed by atoms with E-state index >= 15 is 0 Å². The molecule has 3 N–H and O–H groups in total. The maximum absolute atomic E-state index is 13.4. The molecular formula is C21H26F3N5O. The predicted octanol–water partition coefficient (Wildman–Crippen LogP) is 2.23. The van der Waals surface area contributed by atoms with Crippen LogP contribution in [-0.4, -0.2) is 60.6 Å². The zero-order chi connectivity index (χ0) is 21.5. The summed E-state index contributed by atoms with van der Waals surface area (Å²) in [5.74, 6) is 0.246. The lowest BCUT2D eigenvalue weighted by Crippen LogP contribution is -2.59. The number of alkyl halides is 3. The van der Waals surface area contributed by atoms with Crippen LogP contribution in [0.1, 0.15) is 18.9 Å². The lowest BCUT2D eigenvalue weighted by Gasteiger charge is -2.40. The van der Waals surface area contributed by atoms with E-state index in [0.717, 1.165) is 25.6 Å². The Bertz CT molecular complexity index is 928. The number of halogens is 3.